The first-order valence-electron chi connectivity index (χ1n) is 39.3. The van der Waals surface area contributed by atoms with E-state index in [9.17, 15) is 0 Å². The molecule has 4 heterocycles. The largest absolute Gasteiger partial charge is 0.309 e. The lowest BCUT2D eigenvalue weighted by Gasteiger charge is -2.21. The number of rotatable bonds is 9. The van der Waals surface area contributed by atoms with Crippen molar-refractivity contribution < 1.29 is 0 Å². The van der Waals surface area contributed by atoms with Crippen molar-refractivity contribution in [1.82, 2.24) is 23.7 Å². The van der Waals surface area contributed by atoms with Gasteiger partial charge in [-0.3, -0.25) is 0 Å². The minimum absolute atomic E-state index is 0.0414. The Hall–Kier alpha value is -13.7. The quantitative estimate of drug-likeness (QED) is 0.144. The third-order valence-corrected chi connectivity index (χ3v) is 25.7. The fraction of sp³-hybridized carbons (Fsp3) is 0.0841. The van der Waals surface area contributed by atoms with Crippen molar-refractivity contribution in [3.63, 3.8) is 0 Å². The molecule has 0 aliphatic heterocycles. The second-order valence-corrected chi connectivity index (χ2v) is 32.8. The van der Waals surface area contributed by atoms with E-state index in [4.69, 9.17) is 9.97 Å². The van der Waals surface area contributed by atoms with Gasteiger partial charge in [-0.25, -0.2) is 9.97 Å². The monoisotopic (exact) mass is 1430 g/mol. The summed E-state index contributed by atoms with van der Waals surface area (Å²) < 4.78 is 7.24. The average Bonchev–Trinajstić information content (AvgIpc) is 1.57. The molecule has 0 saturated carbocycles. The predicted octanol–water partition coefficient (Wildman–Crippen LogP) is 27.8. The Morgan fingerprint density at radius 1 is 0.196 bits per heavy atom. The zero-order valence-electron chi connectivity index (χ0n) is 63.1. The Morgan fingerprint density at radius 3 is 0.866 bits per heavy atom. The summed E-state index contributed by atoms with van der Waals surface area (Å²) in [5.41, 5.74) is 39.6. The van der Waals surface area contributed by atoms with Crippen LogP contribution in [-0.2, 0) is 16.2 Å². The summed E-state index contributed by atoms with van der Waals surface area (Å²) in [6.07, 6.45) is 0. The molecule has 16 aromatic carbocycles. The standard InChI is InChI=1S/C107H75N5/c1-105(2)90-25-13-7-19-77(90)83-57-68(37-50-93(83)105)71-41-54-100-86(60-71)80-22-10-16-28-97(80)110(100)74-44-31-64(32-45-74)67-40-53-96-89(63-67)103(65-33-46-75(47-34-65)111-98-29-17-11-23-81(98)87-61-72(42-55-101(87)111)69-38-51-94-84(58-69)78-20-8-14-26-91(78)106(94,3)4)109-104(108-96)66-35-48-76(49-36-66)112-99-30-18-12-24-82(99)88-62-73(43-56-102(88)112)70-39-52-95-85(59-70)79-21-9-15-27-92(79)107(95,5)6/h7-63H,1-6H3. The molecule has 5 nitrogen and oxygen atoms in total. The highest BCUT2D eigenvalue weighted by Gasteiger charge is 2.38. The van der Waals surface area contributed by atoms with Crippen LogP contribution in [0, 0.1) is 0 Å². The number of aromatic nitrogens is 5. The Kier molecular flexibility index (Phi) is 13.6. The van der Waals surface area contributed by atoms with Gasteiger partial charge in [0.25, 0.3) is 0 Å². The van der Waals surface area contributed by atoms with E-state index in [1.807, 2.05) is 0 Å². The van der Waals surface area contributed by atoms with E-state index in [1.165, 1.54) is 143 Å². The minimum Gasteiger partial charge on any atom is -0.309 e. The summed E-state index contributed by atoms with van der Waals surface area (Å²) in [4.78, 5) is 11.1. The van der Waals surface area contributed by atoms with Gasteiger partial charge < -0.3 is 13.7 Å². The van der Waals surface area contributed by atoms with E-state index >= 15 is 0 Å². The van der Waals surface area contributed by atoms with E-state index in [0.29, 0.717) is 5.82 Å². The van der Waals surface area contributed by atoms with Crippen LogP contribution in [0.1, 0.15) is 74.9 Å². The van der Waals surface area contributed by atoms with Gasteiger partial charge in [0.05, 0.1) is 44.3 Å². The van der Waals surface area contributed by atoms with Gasteiger partial charge in [0, 0.05) is 82.1 Å². The third kappa shape index (κ3) is 9.37. The highest BCUT2D eigenvalue weighted by Crippen LogP contribution is 2.54. The molecular weight excluding hydrogens is 1360 g/mol. The van der Waals surface area contributed by atoms with E-state index < -0.39 is 0 Å². The van der Waals surface area contributed by atoms with Crippen molar-refractivity contribution >= 4 is 76.3 Å². The molecule has 23 rings (SSSR count). The molecule has 4 aromatic heterocycles. The van der Waals surface area contributed by atoms with Crippen molar-refractivity contribution in [2.24, 2.45) is 0 Å². The average molecular weight is 1430 g/mol. The minimum atomic E-state index is -0.0503. The molecule has 0 bridgehead atoms. The molecule has 0 amide bonds. The summed E-state index contributed by atoms with van der Waals surface area (Å²) in [5.74, 6) is 0.664. The first kappa shape index (κ1) is 64.3. The molecule has 3 aliphatic rings. The first-order valence-corrected chi connectivity index (χ1v) is 39.3. The van der Waals surface area contributed by atoms with Crippen LogP contribution in [0.25, 0.3) is 194 Å². The fourth-order valence-electron chi connectivity index (χ4n) is 20.0. The van der Waals surface area contributed by atoms with Crippen molar-refractivity contribution in [2.45, 2.75) is 57.8 Å². The summed E-state index contributed by atoms with van der Waals surface area (Å²) in [7, 11) is 0. The summed E-state index contributed by atoms with van der Waals surface area (Å²) in [6.45, 7) is 14.1. The smallest absolute Gasteiger partial charge is 0.160 e. The molecular formula is C107H75N5. The maximum absolute atomic E-state index is 5.65. The normalized spacial score (nSPS) is 14.0. The molecule has 0 radical (unpaired) electrons. The first-order chi connectivity index (χ1) is 54.8. The van der Waals surface area contributed by atoms with Gasteiger partial charge in [-0.05, 0) is 245 Å². The SMILES string of the molecule is CC1(C)c2ccccc2-c2cc(-c3ccc4c(c3)c3ccccc3n4-c3ccc(-c4ccc5nc(-c6ccc(-n7c8ccccc8c8cc(-c9ccc%10c(c9)-c9ccccc9C%10(C)C)ccc87)cc6)nc(-c6ccc(-n7c8ccccc8c8cc(-c9ccc%10c(c9)-c9ccccc9C%10(C)C)ccc87)cc6)c5c4)cc3)ccc21. The van der Waals surface area contributed by atoms with Gasteiger partial charge in [0.2, 0.25) is 0 Å². The molecule has 0 saturated heterocycles. The number of para-hydroxylation sites is 3. The molecule has 20 aromatic rings. The van der Waals surface area contributed by atoms with E-state index in [1.54, 1.807) is 0 Å². The Labute approximate surface area is 650 Å². The fourth-order valence-corrected chi connectivity index (χ4v) is 20.0. The van der Waals surface area contributed by atoms with Gasteiger partial charge in [0.1, 0.15) is 0 Å². The summed E-state index contributed by atoms with van der Waals surface area (Å²) >= 11 is 0. The van der Waals surface area contributed by atoms with E-state index in [0.717, 1.165) is 78.0 Å². The Morgan fingerprint density at radius 2 is 0.473 bits per heavy atom. The van der Waals surface area contributed by atoms with Gasteiger partial charge in [-0.2, -0.15) is 0 Å². The van der Waals surface area contributed by atoms with E-state index in [2.05, 4.69) is 401 Å². The Balaban J connectivity index is 0.615. The van der Waals surface area contributed by atoms with Crippen LogP contribution >= 0.6 is 0 Å². The number of benzene rings is 16. The number of hydrogen-bond acceptors (Lipinski definition) is 2. The second kappa shape index (κ2) is 23.6. The van der Waals surface area contributed by atoms with Gasteiger partial charge >= 0.3 is 0 Å². The maximum atomic E-state index is 5.65. The van der Waals surface area contributed by atoms with Crippen LogP contribution in [0.15, 0.2) is 346 Å². The van der Waals surface area contributed by atoms with Crippen LogP contribution in [0.4, 0.5) is 0 Å². The molecule has 0 spiro atoms. The van der Waals surface area contributed by atoms with Crippen molar-refractivity contribution in [3.05, 3.63) is 379 Å². The van der Waals surface area contributed by atoms with Crippen LogP contribution < -0.4 is 0 Å². The molecule has 3 aliphatic carbocycles. The van der Waals surface area contributed by atoms with E-state index in [-0.39, 0.29) is 16.2 Å². The summed E-state index contributed by atoms with van der Waals surface area (Å²) in [5, 5.41) is 8.31. The topological polar surface area (TPSA) is 40.6 Å². The molecule has 112 heavy (non-hydrogen) atoms. The van der Waals surface area contributed by atoms with Crippen molar-refractivity contribution in [2.75, 3.05) is 0 Å². The predicted molar refractivity (Wildman–Crippen MR) is 468 cm³/mol. The maximum Gasteiger partial charge on any atom is 0.160 e. The molecule has 0 N–H and O–H groups in total. The number of nitrogens with zero attached hydrogens (tertiary/aromatic N) is 5. The summed E-state index contributed by atoms with van der Waals surface area (Å²) in [6, 6.07) is 129. The molecule has 528 valence electrons. The van der Waals surface area contributed by atoms with Crippen LogP contribution in [0.2, 0.25) is 0 Å². The highest BCUT2D eigenvalue weighted by atomic mass is 15.0. The zero-order chi connectivity index (χ0) is 74.6. The lowest BCUT2D eigenvalue weighted by molar-refractivity contribution is 0.660. The van der Waals surface area contributed by atoms with Gasteiger partial charge in [0.15, 0.2) is 5.82 Å². The highest BCUT2D eigenvalue weighted by molar-refractivity contribution is 6.14. The number of hydrogen-bond donors (Lipinski definition) is 0. The van der Waals surface area contributed by atoms with Crippen molar-refractivity contribution in [1.29, 1.82) is 0 Å². The van der Waals surface area contributed by atoms with Crippen LogP contribution in [0.5, 0.6) is 0 Å². The van der Waals surface area contributed by atoms with Crippen LogP contribution in [0.3, 0.4) is 0 Å². The van der Waals surface area contributed by atoms with Crippen molar-refractivity contribution in [3.8, 4) is 118 Å². The molecule has 0 fully saturated rings. The number of fused-ring (bicyclic) bond motifs is 19. The Bertz CT molecular complexity index is 7440. The molecule has 0 unspecified atom stereocenters. The van der Waals surface area contributed by atoms with Gasteiger partial charge in [-0.1, -0.05) is 254 Å². The van der Waals surface area contributed by atoms with Gasteiger partial charge in [-0.15, -0.1) is 0 Å². The zero-order valence-corrected chi connectivity index (χ0v) is 63.1. The van der Waals surface area contributed by atoms with Crippen LogP contribution in [-0.4, -0.2) is 23.7 Å². The lowest BCUT2D eigenvalue weighted by Crippen LogP contribution is -2.14. The molecule has 5 heteroatoms. The lowest BCUT2D eigenvalue weighted by atomic mass is 9.82. The third-order valence-electron chi connectivity index (χ3n) is 25.7. The second-order valence-electron chi connectivity index (χ2n) is 32.8. The molecule has 0 atom stereocenters.